The fourth-order valence-corrected chi connectivity index (χ4v) is 2.94. The van der Waals surface area contributed by atoms with Gasteiger partial charge in [0, 0.05) is 0 Å². The molecule has 2 rings (SSSR count). The third-order valence-electron chi connectivity index (χ3n) is 3.41. The number of hydrogen-bond donors (Lipinski definition) is 0. The molecule has 0 nitrogen and oxygen atoms in total. The molecule has 56 valence electrons. The van der Waals surface area contributed by atoms with Crippen LogP contribution in [-0.4, -0.2) is 0 Å². The van der Waals surface area contributed by atoms with Crippen LogP contribution < -0.4 is 0 Å². The molecular formula is C10H16. The van der Waals surface area contributed by atoms with Crippen LogP contribution >= 0.6 is 0 Å². The first kappa shape index (κ1) is 6.45. The van der Waals surface area contributed by atoms with Gasteiger partial charge in [-0.15, -0.1) is 0 Å². The molecule has 0 aliphatic heterocycles. The summed E-state index contributed by atoms with van der Waals surface area (Å²) >= 11 is 0. The van der Waals surface area contributed by atoms with Crippen LogP contribution in [0, 0.1) is 23.7 Å². The molecule has 0 aromatic rings. The summed E-state index contributed by atoms with van der Waals surface area (Å²) in [4.78, 5) is 0. The average molecular weight is 136 g/mol. The van der Waals surface area contributed by atoms with Gasteiger partial charge < -0.3 is 0 Å². The van der Waals surface area contributed by atoms with Gasteiger partial charge in [-0.25, -0.2) is 0 Å². The summed E-state index contributed by atoms with van der Waals surface area (Å²) in [6.45, 7) is 7.08. The lowest BCUT2D eigenvalue weighted by Gasteiger charge is -2.32. The van der Waals surface area contributed by atoms with E-state index in [4.69, 9.17) is 0 Å². The summed E-state index contributed by atoms with van der Waals surface area (Å²) in [5.74, 6) is 3.85. The van der Waals surface area contributed by atoms with Crippen molar-refractivity contribution in [2.24, 2.45) is 23.7 Å². The Morgan fingerprint density at radius 2 is 2.00 bits per heavy atom. The molecular weight excluding hydrogens is 120 g/mol. The van der Waals surface area contributed by atoms with Crippen LogP contribution in [0.5, 0.6) is 0 Å². The quantitative estimate of drug-likeness (QED) is 0.449. The fraction of sp³-hybridized carbons (Fsp3) is 0.800. The highest BCUT2D eigenvalue weighted by Crippen LogP contribution is 2.52. The molecule has 4 atom stereocenters. The third-order valence-corrected chi connectivity index (χ3v) is 3.41. The summed E-state index contributed by atoms with van der Waals surface area (Å²) in [5.41, 5.74) is 1.65. The zero-order valence-electron chi connectivity index (χ0n) is 7.09. The minimum absolute atomic E-state index is 0.954. The van der Waals surface area contributed by atoms with Gasteiger partial charge in [-0.3, -0.25) is 0 Å². The largest absolute Gasteiger partial charge is 0.0813 e. The van der Waals surface area contributed by atoms with E-state index >= 15 is 0 Å². The Morgan fingerprint density at radius 1 is 1.30 bits per heavy atom. The molecule has 0 aromatic carbocycles. The van der Waals surface area contributed by atoms with Crippen LogP contribution in [0.25, 0.3) is 0 Å². The van der Waals surface area contributed by atoms with E-state index in [1.807, 2.05) is 0 Å². The monoisotopic (exact) mass is 136 g/mol. The molecule has 4 unspecified atom stereocenters. The van der Waals surface area contributed by atoms with Gasteiger partial charge in [0.1, 0.15) is 0 Å². The van der Waals surface area contributed by atoms with Crippen LogP contribution in [0.3, 0.4) is 0 Å². The van der Waals surface area contributed by atoms with Crippen molar-refractivity contribution in [1.29, 1.82) is 0 Å². The molecule has 2 aliphatic carbocycles. The minimum Gasteiger partial charge on any atom is -0.0813 e. The Hall–Kier alpha value is -0.260. The normalized spacial score (nSPS) is 51.7. The topological polar surface area (TPSA) is 0 Å². The van der Waals surface area contributed by atoms with Crippen molar-refractivity contribution >= 4 is 0 Å². The van der Waals surface area contributed by atoms with Crippen LogP contribution in [0.2, 0.25) is 0 Å². The fourth-order valence-electron chi connectivity index (χ4n) is 2.94. The molecule has 0 heterocycles. The second kappa shape index (κ2) is 1.87. The van der Waals surface area contributed by atoms with Crippen molar-refractivity contribution in [2.45, 2.75) is 27.2 Å². The maximum absolute atomic E-state index is 2.47. The Morgan fingerprint density at radius 3 is 2.40 bits per heavy atom. The highest BCUT2D eigenvalue weighted by atomic mass is 14.5. The Labute approximate surface area is 63.3 Å². The van der Waals surface area contributed by atoms with Gasteiger partial charge in [0.05, 0.1) is 0 Å². The molecule has 0 bridgehead atoms. The van der Waals surface area contributed by atoms with E-state index in [0.717, 1.165) is 23.7 Å². The van der Waals surface area contributed by atoms with Crippen molar-refractivity contribution in [1.82, 2.24) is 0 Å². The molecule has 0 heteroatoms. The molecule has 0 spiro atoms. The average Bonchev–Trinajstić information content (AvgIpc) is 2.01. The molecule has 0 radical (unpaired) electrons. The van der Waals surface area contributed by atoms with Gasteiger partial charge in [0.2, 0.25) is 0 Å². The van der Waals surface area contributed by atoms with Gasteiger partial charge in [-0.1, -0.05) is 25.5 Å². The predicted octanol–water partition coefficient (Wildman–Crippen LogP) is 2.85. The van der Waals surface area contributed by atoms with Crippen molar-refractivity contribution < 1.29 is 0 Å². The number of hydrogen-bond acceptors (Lipinski definition) is 0. The smallest absolute Gasteiger partial charge is 0.0114 e. The molecule has 0 aromatic heterocycles. The molecule has 0 amide bonds. The first-order chi connectivity index (χ1) is 4.70. The minimum atomic E-state index is 0.954. The zero-order valence-corrected chi connectivity index (χ0v) is 7.09. The first-order valence-corrected chi connectivity index (χ1v) is 4.38. The second-order valence-corrected chi connectivity index (χ2v) is 4.20. The molecule has 0 N–H and O–H groups in total. The van der Waals surface area contributed by atoms with Crippen LogP contribution in [0.1, 0.15) is 27.2 Å². The molecule has 1 saturated carbocycles. The highest BCUT2D eigenvalue weighted by Gasteiger charge is 2.43. The van der Waals surface area contributed by atoms with Gasteiger partial charge in [-0.2, -0.15) is 0 Å². The maximum atomic E-state index is 2.47. The van der Waals surface area contributed by atoms with Crippen LogP contribution in [0.4, 0.5) is 0 Å². The maximum Gasteiger partial charge on any atom is -0.0114 e. The number of fused-ring (bicyclic) bond motifs is 1. The summed E-state index contributed by atoms with van der Waals surface area (Å²) in [7, 11) is 0. The van der Waals surface area contributed by atoms with Gasteiger partial charge in [-0.05, 0) is 37.0 Å². The van der Waals surface area contributed by atoms with Gasteiger partial charge >= 0.3 is 0 Å². The number of allylic oxidation sites excluding steroid dienone is 2. The van der Waals surface area contributed by atoms with Crippen molar-refractivity contribution in [3.05, 3.63) is 11.6 Å². The van der Waals surface area contributed by atoms with Crippen LogP contribution in [0.15, 0.2) is 11.6 Å². The van der Waals surface area contributed by atoms with E-state index in [1.165, 1.54) is 6.42 Å². The van der Waals surface area contributed by atoms with Gasteiger partial charge in [0.25, 0.3) is 0 Å². The van der Waals surface area contributed by atoms with Crippen LogP contribution in [-0.2, 0) is 0 Å². The van der Waals surface area contributed by atoms with E-state index in [-0.39, 0.29) is 0 Å². The summed E-state index contributed by atoms with van der Waals surface area (Å²) in [5, 5.41) is 0. The van der Waals surface area contributed by atoms with E-state index in [9.17, 15) is 0 Å². The predicted molar refractivity (Wildman–Crippen MR) is 43.7 cm³/mol. The third kappa shape index (κ3) is 0.624. The SMILES string of the molecule is CC1=CC2C(C)CC(C)C12. The molecule has 0 saturated heterocycles. The van der Waals surface area contributed by atoms with E-state index in [2.05, 4.69) is 26.8 Å². The lowest BCUT2D eigenvalue weighted by Crippen LogP contribution is -2.24. The van der Waals surface area contributed by atoms with Crippen molar-refractivity contribution in [2.75, 3.05) is 0 Å². The molecule has 10 heavy (non-hydrogen) atoms. The van der Waals surface area contributed by atoms with E-state index in [0.29, 0.717) is 0 Å². The Bertz CT molecular complexity index is 178. The standard InChI is InChI=1S/C10H16/c1-6-4-7(2)10-8(3)5-9(6)10/h5-7,9-10H,4H2,1-3H3. The number of rotatable bonds is 0. The highest BCUT2D eigenvalue weighted by molar-refractivity contribution is 5.24. The summed E-state index contributed by atoms with van der Waals surface area (Å²) in [6.07, 6.45) is 3.92. The molecule has 1 fully saturated rings. The lowest BCUT2D eigenvalue weighted by molar-refractivity contribution is 0.358. The summed E-state index contributed by atoms with van der Waals surface area (Å²) in [6, 6.07) is 0. The molecule has 2 aliphatic rings. The summed E-state index contributed by atoms with van der Waals surface area (Å²) < 4.78 is 0. The Balaban J connectivity index is 2.21. The van der Waals surface area contributed by atoms with Crippen molar-refractivity contribution in [3.8, 4) is 0 Å². The second-order valence-electron chi connectivity index (χ2n) is 4.20. The Kier molecular flexibility index (Phi) is 1.21. The van der Waals surface area contributed by atoms with E-state index < -0.39 is 0 Å². The van der Waals surface area contributed by atoms with Gasteiger partial charge in [0.15, 0.2) is 0 Å². The van der Waals surface area contributed by atoms with E-state index in [1.54, 1.807) is 5.57 Å². The lowest BCUT2D eigenvalue weighted by atomic mass is 9.73. The van der Waals surface area contributed by atoms with Crippen molar-refractivity contribution in [3.63, 3.8) is 0 Å². The first-order valence-electron chi connectivity index (χ1n) is 4.38. The zero-order chi connectivity index (χ0) is 7.30.